The molecule has 5 heteroatoms. The SMILES string of the molecule is Cc1ccc(OCc2cc(CNC3CC3)no2)c(Br)c1. The fourth-order valence-electron chi connectivity index (χ4n) is 1.92. The second-order valence-corrected chi connectivity index (χ2v) is 6.02. The molecule has 4 nitrogen and oxygen atoms in total. The summed E-state index contributed by atoms with van der Waals surface area (Å²) in [5.74, 6) is 1.55. The van der Waals surface area contributed by atoms with E-state index in [1.807, 2.05) is 31.2 Å². The van der Waals surface area contributed by atoms with Crippen molar-refractivity contribution in [1.82, 2.24) is 10.5 Å². The van der Waals surface area contributed by atoms with E-state index in [4.69, 9.17) is 9.26 Å². The molecule has 0 saturated heterocycles. The molecular formula is C15H17BrN2O2. The lowest BCUT2D eigenvalue weighted by Crippen LogP contribution is -2.15. The molecule has 1 aromatic heterocycles. The molecule has 0 unspecified atom stereocenters. The second kappa shape index (κ2) is 5.97. The highest BCUT2D eigenvalue weighted by molar-refractivity contribution is 9.10. The van der Waals surface area contributed by atoms with Crippen LogP contribution in [0.2, 0.25) is 0 Å². The highest BCUT2D eigenvalue weighted by Gasteiger charge is 2.20. The number of hydrogen-bond acceptors (Lipinski definition) is 4. The zero-order valence-electron chi connectivity index (χ0n) is 11.4. The Kier molecular flexibility index (Phi) is 4.08. The number of rotatable bonds is 6. The summed E-state index contributed by atoms with van der Waals surface area (Å²) in [6.07, 6.45) is 2.55. The summed E-state index contributed by atoms with van der Waals surface area (Å²) >= 11 is 3.49. The molecule has 106 valence electrons. The Morgan fingerprint density at radius 1 is 1.40 bits per heavy atom. The van der Waals surface area contributed by atoms with Crippen molar-refractivity contribution in [2.24, 2.45) is 0 Å². The predicted molar refractivity (Wildman–Crippen MR) is 79.6 cm³/mol. The first-order valence-electron chi connectivity index (χ1n) is 6.77. The molecule has 1 N–H and O–H groups in total. The number of benzene rings is 1. The van der Waals surface area contributed by atoms with E-state index < -0.39 is 0 Å². The third-order valence-electron chi connectivity index (χ3n) is 3.21. The first-order valence-corrected chi connectivity index (χ1v) is 7.57. The molecule has 0 aliphatic heterocycles. The van der Waals surface area contributed by atoms with Crippen LogP contribution in [0.4, 0.5) is 0 Å². The zero-order valence-corrected chi connectivity index (χ0v) is 12.9. The van der Waals surface area contributed by atoms with Crippen molar-refractivity contribution in [1.29, 1.82) is 0 Å². The third kappa shape index (κ3) is 3.61. The van der Waals surface area contributed by atoms with Gasteiger partial charge in [-0.2, -0.15) is 0 Å². The van der Waals surface area contributed by atoms with E-state index in [1.54, 1.807) is 0 Å². The Morgan fingerprint density at radius 3 is 3.00 bits per heavy atom. The molecule has 1 aromatic carbocycles. The minimum atomic E-state index is 0.387. The van der Waals surface area contributed by atoms with Crippen LogP contribution in [-0.2, 0) is 13.2 Å². The number of hydrogen-bond donors (Lipinski definition) is 1. The number of nitrogens with one attached hydrogen (secondary N) is 1. The molecule has 0 radical (unpaired) electrons. The first kappa shape index (κ1) is 13.6. The van der Waals surface area contributed by atoms with E-state index in [9.17, 15) is 0 Å². The largest absolute Gasteiger partial charge is 0.484 e. The fraction of sp³-hybridized carbons (Fsp3) is 0.400. The monoisotopic (exact) mass is 336 g/mol. The summed E-state index contributed by atoms with van der Waals surface area (Å²) in [4.78, 5) is 0. The van der Waals surface area contributed by atoms with Gasteiger partial charge < -0.3 is 14.6 Å². The molecule has 2 aromatic rings. The van der Waals surface area contributed by atoms with Crippen LogP contribution in [0, 0.1) is 6.92 Å². The van der Waals surface area contributed by atoms with Crippen molar-refractivity contribution in [3.05, 3.63) is 45.8 Å². The highest BCUT2D eigenvalue weighted by Crippen LogP contribution is 2.26. The summed E-state index contributed by atoms with van der Waals surface area (Å²) in [5, 5.41) is 7.44. The van der Waals surface area contributed by atoms with Gasteiger partial charge in [-0.05, 0) is 53.4 Å². The van der Waals surface area contributed by atoms with Gasteiger partial charge >= 0.3 is 0 Å². The minimum Gasteiger partial charge on any atom is -0.484 e. The second-order valence-electron chi connectivity index (χ2n) is 5.16. The molecule has 0 bridgehead atoms. The minimum absolute atomic E-state index is 0.387. The molecule has 0 spiro atoms. The molecule has 1 saturated carbocycles. The third-order valence-corrected chi connectivity index (χ3v) is 3.83. The van der Waals surface area contributed by atoms with Crippen LogP contribution in [0.3, 0.4) is 0 Å². The summed E-state index contributed by atoms with van der Waals surface area (Å²) < 4.78 is 12.0. The van der Waals surface area contributed by atoms with Gasteiger partial charge in [-0.25, -0.2) is 0 Å². The van der Waals surface area contributed by atoms with E-state index in [1.165, 1.54) is 18.4 Å². The molecule has 0 amide bonds. The fourth-order valence-corrected chi connectivity index (χ4v) is 2.52. The van der Waals surface area contributed by atoms with Crippen molar-refractivity contribution in [3.8, 4) is 5.75 Å². The van der Waals surface area contributed by atoms with Crippen LogP contribution in [0.1, 0.15) is 29.9 Å². The van der Waals surface area contributed by atoms with Crippen LogP contribution >= 0.6 is 15.9 Å². The van der Waals surface area contributed by atoms with E-state index in [0.29, 0.717) is 12.6 Å². The molecular weight excluding hydrogens is 320 g/mol. The lowest BCUT2D eigenvalue weighted by atomic mass is 10.2. The maximum Gasteiger partial charge on any atom is 0.174 e. The Labute approximate surface area is 126 Å². The van der Waals surface area contributed by atoms with E-state index in [-0.39, 0.29) is 0 Å². The molecule has 1 fully saturated rings. The van der Waals surface area contributed by atoms with Crippen LogP contribution < -0.4 is 10.1 Å². The van der Waals surface area contributed by atoms with Gasteiger partial charge in [-0.15, -0.1) is 0 Å². The summed E-state index contributed by atoms with van der Waals surface area (Å²) in [6.45, 7) is 3.20. The normalized spacial score (nSPS) is 14.5. The molecule has 1 aliphatic carbocycles. The molecule has 1 heterocycles. The number of nitrogens with zero attached hydrogens (tertiary/aromatic N) is 1. The standard InChI is InChI=1S/C15H17BrN2O2/c1-10-2-5-15(14(16)6-10)19-9-13-7-12(18-20-13)8-17-11-3-4-11/h2,5-7,11,17H,3-4,8-9H2,1H3. The van der Waals surface area contributed by atoms with Gasteiger partial charge in [0, 0.05) is 18.7 Å². The Morgan fingerprint density at radius 2 is 2.25 bits per heavy atom. The van der Waals surface area contributed by atoms with Crippen molar-refractivity contribution in [2.45, 2.75) is 39.0 Å². The summed E-state index contributed by atoms with van der Waals surface area (Å²) in [5.41, 5.74) is 2.12. The number of halogens is 1. The average molecular weight is 337 g/mol. The molecule has 0 atom stereocenters. The van der Waals surface area contributed by atoms with E-state index in [0.717, 1.165) is 28.2 Å². The van der Waals surface area contributed by atoms with Crippen molar-refractivity contribution in [2.75, 3.05) is 0 Å². The Bertz CT molecular complexity index is 593. The van der Waals surface area contributed by atoms with Crippen LogP contribution in [0.25, 0.3) is 0 Å². The average Bonchev–Trinajstić information content (AvgIpc) is 3.14. The quantitative estimate of drug-likeness (QED) is 0.875. The van der Waals surface area contributed by atoms with E-state index in [2.05, 4.69) is 26.4 Å². The van der Waals surface area contributed by atoms with Crippen molar-refractivity contribution >= 4 is 15.9 Å². The smallest absolute Gasteiger partial charge is 0.174 e. The molecule has 20 heavy (non-hydrogen) atoms. The summed E-state index contributed by atoms with van der Waals surface area (Å²) in [6, 6.07) is 8.62. The Balaban J connectivity index is 1.54. The Hall–Kier alpha value is -1.33. The lowest BCUT2D eigenvalue weighted by Gasteiger charge is -2.06. The first-order chi connectivity index (χ1) is 9.70. The van der Waals surface area contributed by atoms with E-state index >= 15 is 0 Å². The summed E-state index contributed by atoms with van der Waals surface area (Å²) in [7, 11) is 0. The van der Waals surface area contributed by atoms with Crippen molar-refractivity contribution < 1.29 is 9.26 Å². The number of aryl methyl sites for hydroxylation is 1. The van der Waals surface area contributed by atoms with Gasteiger partial charge in [0.1, 0.15) is 12.4 Å². The van der Waals surface area contributed by atoms with Gasteiger partial charge in [-0.3, -0.25) is 0 Å². The van der Waals surface area contributed by atoms with Crippen molar-refractivity contribution in [3.63, 3.8) is 0 Å². The zero-order chi connectivity index (χ0) is 13.9. The maximum atomic E-state index is 5.73. The van der Waals surface area contributed by atoms with Crippen LogP contribution in [-0.4, -0.2) is 11.2 Å². The van der Waals surface area contributed by atoms with Gasteiger partial charge in [0.25, 0.3) is 0 Å². The lowest BCUT2D eigenvalue weighted by molar-refractivity contribution is 0.247. The predicted octanol–water partition coefficient (Wildman–Crippen LogP) is 3.58. The number of aromatic nitrogens is 1. The maximum absolute atomic E-state index is 5.73. The van der Waals surface area contributed by atoms with Gasteiger partial charge in [0.15, 0.2) is 5.76 Å². The number of ether oxygens (including phenoxy) is 1. The van der Waals surface area contributed by atoms with Crippen LogP contribution in [0.15, 0.2) is 33.3 Å². The van der Waals surface area contributed by atoms with Crippen LogP contribution in [0.5, 0.6) is 5.75 Å². The molecule has 3 rings (SSSR count). The topological polar surface area (TPSA) is 47.3 Å². The highest BCUT2D eigenvalue weighted by atomic mass is 79.9. The van der Waals surface area contributed by atoms with Gasteiger partial charge in [0.2, 0.25) is 0 Å². The van der Waals surface area contributed by atoms with Gasteiger partial charge in [-0.1, -0.05) is 11.2 Å². The van der Waals surface area contributed by atoms with Gasteiger partial charge in [0.05, 0.1) is 10.2 Å². The molecule has 1 aliphatic rings.